The Kier molecular flexibility index (Phi) is 6.82. The number of hydrogen-bond acceptors (Lipinski definition) is 6. The molecule has 0 fully saturated rings. The molecule has 5 rings (SSSR count). The Morgan fingerprint density at radius 2 is 1.75 bits per heavy atom. The van der Waals surface area contributed by atoms with Gasteiger partial charge in [-0.15, -0.1) is 22.7 Å². The van der Waals surface area contributed by atoms with Gasteiger partial charge in [-0.05, 0) is 60.9 Å². The monoisotopic (exact) mass is 515 g/mol. The van der Waals surface area contributed by atoms with E-state index in [9.17, 15) is 14.7 Å². The highest BCUT2D eigenvalue weighted by Crippen LogP contribution is 2.41. The first kappa shape index (κ1) is 24.1. The molecule has 0 aliphatic carbocycles. The number of aromatic nitrogens is 1. The van der Waals surface area contributed by atoms with Crippen molar-refractivity contribution in [2.45, 2.75) is 13.3 Å². The number of benzene rings is 2. The number of anilines is 1. The molecule has 1 amide bonds. The van der Waals surface area contributed by atoms with Gasteiger partial charge in [0.15, 0.2) is 0 Å². The van der Waals surface area contributed by atoms with Gasteiger partial charge in [0, 0.05) is 34.6 Å². The number of rotatable bonds is 6. The number of carboxylic acids is 1. The molecule has 6 nitrogen and oxygen atoms in total. The smallest absolute Gasteiger partial charge is 0.346 e. The Morgan fingerprint density at radius 1 is 1.03 bits per heavy atom. The predicted molar refractivity (Wildman–Crippen MR) is 147 cm³/mol. The number of hydrogen-bond donors (Lipinski definition) is 2. The van der Waals surface area contributed by atoms with E-state index < -0.39 is 5.97 Å². The summed E-state index contributed by atoms with van der Waals surface area (Å²) in [6, 6.07) is 17.9. The van der Waals surface area contributed by atoms with Crippen LogP contribution in [0.4, 0.5) is 5.69 Å². The van der Waals surface area contributed by atoms with Gasteiger partial charge < -0.3 is 15.3 Å². The summed E-state index contributed by atoms with van der Waals surface area (Å²) in [7, 11) is 2.09. The van der Waals surface area contributed by atoms with Gasteiger partial charge in [-0.2, -0.15) is 0 Å². The number of aryl methyl sites for hydroxylation is 1. The molecule has 0 unspecified atom stereocenters. The Hall–Kier alpha value is -3.59. The van der Waals surface area contributed by atoms with Crippen molar-refractivity contribution < 1.29 is 14.7 Å². The first-order valence-corrected chi connectivity index (χ1v) is 13.3. The Labute approximate surface area is 217 Å². The number of amides is 1. The van der Waals surface area contributed by atoms with Crippen molar-refractivity contribution in [1.82, 2.24) is 9.88 Å². The number of carboxylic acid groups (broad SMARTS) is 1. The Balaban J connectivity index is 1.50. The van der Waals surface area contributed by atoms with Crippen LogP contribution in [-0.4, -0.2) is 47.0 Å². The molecule has 2 N–H and O–H groups in total. The van der Waals surface area contributed by atoms with Gasteiger partial charge in [0.1, 0.15) is 10.6 Å². The zero-order chi connectivity index (χ0) is 25.2. The van der Waals surface area contributed by atoms with Crippen molar-refractivity contribution in [1.29, 1.82) is 0 Å². The first-order valence-electron chi connectivity index (χ1n) is 11.5. The quantitative estimate of drug-likeness (QED) is 0.311. The fraction of sp³-hybridized carbons (Fsp3) is 0.179. The van der Waals surface area contributed by atoms with Gasteiger partial charge in [-0.1, -0.05) is 42.0 Å². The summed E-state index contributed by atoms with van der Waals surface area (Å²) in [5.74, 6) is -1.17. The minimum Gasteiger partial charge on any atom is -0.477 e. The first-order chi connectivity index (χ1) is 17.4. The number of nitrogens with one attached hydrogen (secondary N) is 1. The van der Waals surface area contributed by atoms with E-state index in [1.165, 1.54) is 33.8 Å². The molecule has 4 aromatic rings. The molecule has 2 aromatic heterocycles. The molecule has 0 atom stereocenters. The average molecular weight is 516 g/mol. The van der Waals surface area contributed by atoms with Crippen molar-refractivity contribution in [3.05, 3.63) is 92.7 Å². The number of thiazole rings is 1. The van der Waals surface area contributed by atoms with Crippen LogP contribution >= 0.6 is 22.7 Å². The zero-order valence-electron chi connectivity index (χ0n) is 19.9. The highest BCUT2D eigenvalue weighted by molar-refractivity contribution is 7.17. The molecular formula is C28H25N3O3S2. The highest BCUT2D eigenvalue weighted by Gasteiger charge is 2.25. The molecule has 182 valence electrons. The van der Waals surface area contributed by atoms with Crippen molar-refractivity contribution >= 4 is 51.4 Å². The van der Waals surface area contributed by atoms with Crippen LogP contribution in [0.5, 0.6) is 0 Å². The van der Waals surface area contributed by atoms with E-state index in [1.807, 2.05) is 30.3 Å². The average Bonchev–Trinajstić information content (AvgIpc) is 3.56. The van der Waals surface area contributed by atoms with Crippen molar-refractivity contribution in [3.8, 4) is 10.4 Å². The second-order valence-electron chi connectivity index (χ2n) is 8.87. The van der Waals surface area contributed by atoms with Crippen LogP contribution in [0, 0.1) is 6.92 Å². The molecule has 1 aliphatic heterocycles. The number of carbonyl (C=O) groups excluding carboxylic acids is 1. The second kappa shape index (κ2) is 10.2. The summed E-state index contributed by atoms with van der Waals surface area (Å²) in [4.78, 5) is 32.1. The standard InChI is InChI=1S/C28H25N3O3S2/c1-17-3-5-18(6-4-17)23-14-31(2)12-11-21(23)22-13-25(36-26(22)28(33)34)19-7-9-20(10-8-19)30-27(32)24-15-35-16-29-24/h3-10,13,15-16H,11-12,14H2,1-2H3,(H,30,32)(H,33,34). The third-order valence-corrected chi connectivity index (χ3v) is 8.04. The normalized spacial score (nSPS) is 14.2. The molecule has 0 radical (unpaired) electrons. The van der Waals surface area contributed by atoms with Gasteiger partial charge in [0.2, 0.25) is 0 Å². The summed E-state index contributed by atoms with van der Waals surface area (Å²) in [5, 5.41) is 14.6. The highest BCUT2D eigenvalue weighted by atomic mass is 32.1. The van der Waals surface area contributed by atoms with Crippen LogP contribution in [-0.2, 0) is 0 Å². The third-order valence-electron chi connectivity index (χ3n) is 6.28. The zero-order valence-corrected chi connectivity index (χ0v) is 21.6. The maximum atomic E-state index is 12.3. The lowest BCUT2D eigenvalue weighted by Crippen LogP contribution is -2.27. The summed E-state index contributed by atoms with van der Waals surface area (Å²) in [6.45, 7) is 3.72. The molecule has 1 aliphatic rings. The van der Waals surface area contributed by atoms with Crippen LogP contribution < -0.4 is 5.32 Å². The number of thiophene rings is 1. The van der Waals surface area contributed by atoms with Gasteiger partial charge in [-0.3, -0.25) is 4.79 Å². The van der Waals surface area contributed by atoms with E-state index in [1.54, 1.807) is 10.9 Å². The summed E-state index contributed by atoms with van der Waals surface area (Å²) in [6.07, 6.45) is 0.789. The van der Waals surface area contributed by atoms with Crippen LogP contribution in [0.2, 0.25) is 0 Å². The van der Waals surface area contributed by atoms with Gasteiger partial charge in [-0.25, -0.2) is 9.78 Å². The number of nitrogens with zero attached hydrogens (tertiary/aromatic N) is 2. The van der Waals surface area contributed by atoms with E-state index in [0.717, 1.165) is 46.7 Å². The van der Waals surface area contributed by atoms with Crippen LogP contribution in [0.15, 0.2) is 65.5 Å². The summed E-state index contributed by atoms with van der Waals surface area (Å²) >= 11 is 2.66. The van der Waals surface area contributed by atoms with E-state index in [4.69, 9.17) is 0 Å². The lowest BCUT2D eigenvalue weighted by Gasteiger charge is -2.28. The maximum absolute atomic E-state index is 12.3. The number of likely N-dealkylation sites (N-methyl/N-ethyl adjacent to an activating group) is 1. The fourth-order valence-electron chi connectivity index (χ4n) is 4.37. The molecule has 0 saturated heterocycles. The van der Waals surface area contributed by atoms with Crippen molar-refractivity contribution in [3.63, 3.8) is 0 Å². The van der Waals surface area contributed by atoms with Crippen molar-refractivity contribution in [2.75, 3.05) is 25.5 Å². The maximum Gasteiger partial charge on any atom is 0.346 e. The van der Waals surface area contributed by atoms with Gasteiger partial charge >= 0.3 is 5.97 Å². The topological polar surface area (TPSA) is 82.5 Å². The molecule has 0 saturated carbocycles. The molecule has 0 bridgehead atoms. The van der Waals surface area contributed by atoms with Gasteiger partial charge in [0.25, 0.3) is 5.91 Å². The molecule has 0 spiro atoms. The minimum atomic E-state index is -0.914. The van der Waals surface area contributed by atoms with Crippen molar-refractivity contribution in [2.24, 2.45) is 0 Å². The fourth-order valence-corrected chi connectivity index (χ4v) is 5.93. The van der Waals surface area contributed by atoms with E-state index in [2.05, 4.69) is 53.4 Å². The second-order valence-corrected chi connectivity index (χ2v) is 10.6. The van der Waals surface area contributed by atoms with Gasteiger partial charge in [0.05, 0.1) is 5.51 Å². The lowest BCUT2D eigenvalue weighted by atomic mass is 9.89. The van der Waals surface area contributed by atoms with E-state index in [0.29, 0.717) is 16.3 Å². The predicted octanol–water partition coefficient (Wildman–Crippen LogP) is 6.38. The molecular weight excluding hydrogens is 490 g/mol. The minimum absolute atomic E-state index is 0.256. The van der Waals surface area contributed by atoms with Crippen LogP contribution in [0.3, 0.4) is 0 Å². The lowest BCUT2D eigenvalue weighted by molar-refractivity contribution is 0.0701. The van der Waals surface area contributed by atoms with E-state index in [-0.39, 0.29) is 5.91 Å². The molecule has 2 aromatic carbocycles. The summed E-state index contributed by atoms with van der Waals surface area (Å²) in [5.41, 5.74) is 8.97. The third kappa shape index (κ3) is 5.02. The molecule has 8 heteroatoms. The SMILES string of the molecule is Cc1ccc(C2=C(c3cc(-c4ccc(NC(=O)c5cscn5)cc4)sc3C(=O)O)CCN(C)C2)cc1. The number of carbonyl (C=O) groups is 2. The van der Waals surface area contributed by atoms with Crippen LogP contribution in [0.25, 0.3) is 21.6 Å². The van der Waals surface area contributed by atoms with E-state index >= 15 is 0 Å². The Bertz CT molecular complexity index is 1440. The Morgan fingerprint density at radius 3 is 2.42 bits per heavy atom. The van der Waals surface area contributed by atoms with Crippen LogP contribution in [0.1, 0.15) is 43.3 Å². The number of aromatic carboxylic acids is 1. The largest absolute Gasteiger partial charge is 0.477 e. The summed E-state index contributed by atoms with van der Waals surface area (Å²) < 4.78 is 0. The molecule has 3 heterocycles. The molecule has 36 heavy (non-hydrogen) atoms.